The summed E-state index contributed by atoms with van der Waals surface area (Å²) in [7, 11) is 2.17. The highest BCUT2D eigenvalue weighted by atomic mass is 35.5. The number of hydrogen-bond donors (Lipinski definition) is 1. The monoisotopic (exact) mass is 536 g/mol. The lowest BCUT2D eigenvalue weighted by Crippen LogP contribution is -2.50. The topological polar surface area (TPSA) is 128 Å². The molecule has 3 aromatic rings. The molecule has 1 aromatic carbocycles. The maximum atomic E-state index is 4.90. The fourth-order valence-electron chi connectivity index (χ4n) is 4.11. The van der Waals surface area contributed by atoms with E-state index in [1.54, 1.807) is 0 Å². The number of likely N-dealkylation sites (N-methyl/N-ethyl adjacent to an activating group) is 1. The van der Waals surface area contributed by atoms with Crippen molar-refractivity contribution in [1.82, 2.24) is 29.8 Å². The summed E-state index contributed by atoms with van der Waals surface area (Å²) in [5.74, 6) is 3.46. The first-order valence-electron chi connectivity index (χ1n) is 10.4. The largest absolute Gasteiger partial charge is 0.412 e. The summed E-state index contributed by atoms with van der Waals surface area (Å²) in [4.78, 5) is 16.8. The van der Waals surface area contributed by atoms with Crippen molar-refractivity contribution in [2.45, 2.75) is 13.0 Å². The molecule has 2 saturated heterocycles. The highest BCUT2D eigenvalue weighted by molar-refractivity contribution is 5.86. The van der Waals surface area contributed by atoms with Crippen molar-refractivity contribution in [2.75, 3.05) is 62.7 Å². The smallest absolute Gasteiger partial charge is 0.256 e. The summed E-state index contributed by atoms with van der Waals surface area (Å²) in [5, 5.41) is 8.36. The van der Waals surface area contributed by atoms with E-state index in [0.717, 1.165) is 68.8 Å². The fourth-order valence-corrected chi connectivity index (χ4v) is 4.11. The molecule has 2 aromatic heterocycles. The third kappa shape index (κ3) is 6.60. The molecular weight excluding hydrogens is 503 g/mol. The van der Waals surface area contributed by atoms with E-state index in [9.17, 15) is 0 Å². The Morgan fingerprint density at radius 1 is 0.882 bits per heavy atom. The number of rotatable bonds is 3. The summed E-state index contributed by atoms with van der Waals surface area (Å²) in [6, 6.07) is 12.8. The van der Waals surface area contributed by atoms with Gasteiger partial charge in [-0.2, -0.15) is 14.5 Å². The van der Waals surface area contributed by atoms with Crippen LogP contribution in [0.4, 0.5) is 11.6 Å². The Bertz CT molecular complexity index is 1000. The molecule has 192 valence electrons. The Labute approximate surface area is 218 Å². The second-order valence-corrected chi connectivity index (χ2v) is 8.08. The lowest BCUT2D eigenvalue weighted by Gasteiger charge is -2.35. The molecule has 2 aliphatic heterocycles. The van der Waals surface area contributed by atoms with Gasteiger partial charge in [0.2, 0.25) is 0 Å². The second kappa shape index (κ2) is 13.8. The molecule has 0 spiro atoms. The molecule has 1 atom stereocenters. The lowest BCUT2D eigenvalue weighted by molar-refractivity contribution is 0.312. The number of aromatic nitrogens is 4. The maximum Gasteiger partial charge on any atom is 0.256 e. The van der Waals surface area contributed by atoms with Crippen molar-refractivity contribution in [1.29, 1.82) is 0 Å². The second-order valence-electron chi connectivity index (χ2n) is 8.08. The van der Waals surface area contributed by atoms with E-state index in [4.69, 9.17) is 15.1 Å². The van der Waals surface area contributed by atoms with Gasteiger partial charge in [-0.15, -0.1) is 42.3 Å². The third-order valence-corrected chi connectivity index (χ3v) is 5.83. The molecule has 5 rings (SSSR count). The van der Waals surface area contributed by atoms with E-state index in [1.807, 2.05) is 34.8 Å². The SMILES string of the molecule is CC1CN(c2cc(N3CCN(C)CC3)nc3nc(-c4ccccc4)nn23)CCN1.Cl.Cl.Cl.O.O. The van der Waals surface area contributed by atoms with Crippen LogP contribution in [0.3, 0.4) is 0 Å². The van der Waals surface area contributed by atoms with Gasteiger partial charge in [0, 0.05) is 63.5 Å². The van der Waals surface area contributed by atoms with Gasteiger partial charge in [0.05, 0.1) is 0 Å². The first-order valence-corrected chi connectivity index (χ1v) is 10.4. The van der Waals surface area contributed by atoms with E-state index in [0.29, 0.717) is 11.8 Å². The molecule has 0 aliphatic carbocycles. The Morgan fingerprint density at radius 2 is 1.56 bits per heavy atom. The van der Waals surface area contributed by atoms with Gasteiger partial charge in [0.25, 0.3) is 5.78 Å². The summed E-state index contributed by atoms with van der Waals surface area (Å²) in [6.07, 6.45) is 0. The molecule has 0 saturated carbocycles. The van der Waals surface area contributed by atoms with Gasteiger partial charge < -0.3 is 31.0 Å². The molecule has 1 unspecified atom stereocenters. The van der Waals surface area contributed by atoms with Crippen molar-refractivity contribution in [3.05, 3.63) is 36.4 Å². The average molecular weight is 538 g/mol. The number of hydrogen-bond acceptors (Lipinski definition) is 7. The predicted octanol–water partition coefficient (Wildman–Crippen LogP) is 0.957. The van der Waals surface area contributed by atoms with Gasteiger partial charge in [0.1, 0.15) is 11.6 Å². The lowest BCUT2D eigenvalue weighted by atomic mass is 10.2. The average Bonchev–Trinajstić information content (AvgIpc) is 3.18. The van der Waals surface area contributed by atoms with Crippen molar-refractivity contribution < 1.29 is 11.0 Å². The van der Waals surface area contributed by atoms with E-state index >= 15 is 0 Å². The quantitative estimate of drug-likeness (QED) is 0.527. The summed E-state index contributed by atoms with van der Waals surface area (Å²) >= 11 is 0. The molecule has 10 nitrogen and oxygen atoms in total. The zero-order valence-electron chi connectivity index (χ0n) is 19.3. The Balaban J connectivity index is 0.00000218. The summed E-state index contributed by atoms with van der Waals surface area (Å²) in [5.41, 5.74) is 1.01. The minimum Gasteiger partial charge on any atom is -0.412 e. The zero-order valence-corrected chi connectivity index (χ0v) is 21.8. The van der Waals surface area contributed by atoms with Crippen LogP contribution in [0.5, 0.6) is 0 Å². The van der Waals surface area contributed by atoms with Crippen LogP contribution in [0.25, 0.3) is 17.2 Å². The minimum atomic E-state index is 0. The first kappa shape index (κ1) is 32.1. The summed E-state index contributed by atoms with van der Waals surface area (Å²) < 4.78 is 1.92. The number of nitrogens with zero attached hydrogens (tertiary/aromatic N) is 7. The number of benzene rings is 1. The van der Waals surface area contributed by atoms with Gasteiger partial charge in [-0.3, -0.25) is 0 Å². The van der Waals surface area contributed by atoms with Gasteiger partial charge in [-0.1, -0.05) is 30.3 Å². The Kier molecular flexibility index (Phi) is 13.1. The predicted molar refractivity (Wildman–Crippen MR) is 145 cm³/mol. The van der Waals surface area contributed by atoms with Crippen LogP contribution < -0.4 is 15.1 Å². The summed E-state index contributed by atoms with van der Waals surface area (Å²) in [6.45, 7) is 9.16. The molecule has 0 bridgehead atoms. The van der Waals surface area contributed by atoms with Crippen LogP contribution in [0.15, 0.2) is 36.4 Å². The fraction of sp³-hybridized carbons (Fsp3) is 0.476. The van der Waals surface area contributed by atoms with Gasteiger partial charge in [-0.05, 0) is 14.0 Å². The van der Waals surface area contributed by atoms with E-state index in [2.05, 4.69) is 40.1 Å². The molecule has 4 heterocycles. The Morgan fingerprint density at radius 3 is 2.21 bits per heavy atom. The highest BCUT2D eigenvalue weighted by Crippen LogP contribution is 2.26. The highest BCUT2D eigenvalue weighted by Gasteiger charge is 2.24. The van der Waals surface area contributed by atoms with Crippen molar-refractivity contribution >= 4 is 54.6 Å². The maximum absolute atomic E-state index is 4.90. The van der Waals surface area contributed by atoms with E-state index in [-0.39, 0.29) is 48.2 Å². The van der Waals surface area contributed by atoms with Gasteiger partial charge in [0.15, 0.2) is 5.82 Å². The Hall–Kier alpha value is -1.92. The standard InChI is InChI=1S/C21H28N8.3ClH.2H2O/c1-16-15-28(9-8-22-16)19-14-18(27-12-10-26(2)11-13-27)23-21-24-20(25-29(19)21)17-6-4-3-5-7-17;;;;;/h3-7,14,16,22H,8-13,15H2,1-2H3;3*1H;2*1H2. The third-order valence-electron chi connectivity index (χ3n) is 5.83. The van der Waals surface area contributed by atoms with E-state index in [1.165, 1.54) is 0 Å². The zero-order chi connectivity index (χ0) is 19.8. The van der Waals surface area contributed by atoms with Crippen molar-refractivity contribution in [3.8, 4) is 11.4 Å². The molecule has 2 aliphatic rings. The number of fused-ring (bicyclic) bond motifs is 1. The molecule has 0 radical (unpaired) electrons. The molecular formula is C21H35Cl3N8O2. The van der Waals surface area contributed by atoms with Crippen LogP contribution >= 0.6 is 37.2 Å². The molecule has 0 amide bonds. The molecule has 5 N–H and O–H groups in total. The van der Waals surface area contributed by atoms with Crippen LogP contribution in [0.1, 0.15) is 6.92 Å². The first-order chi connectivity index (χ1) is 14.2. The minimum absolute atomic E-state index is 0. The van der Waals surface area contributed by atoms with Crippen molar-refractivity contribution in [3.63, 3.8) is 0 Å². The normalized spacial score (nSPS) is 18.0. The number of nitrogens with one attached hydrogen (secondary N) is 1. The van der Waals surface area contributed by atoms with Crippen LogP contribution in [0, 0.1) is 0 Å². The molecule has 13 heteroatoms. The van der Waals surface area contributed by atoms with Crippen molar-refractivity contribution in [2.24, 2.45) is 0 Å². The van der Waals surface area contributed by atoms with Crippen LogP contribution in [-0.2, 0) is 0 Å². The van der Waals surface area contributed by atoms with Gasteiger partial charge in [-0.25, -0.2) is 0 Å². The molecule has 34 heavy (non-hydrogen) atoms. The van der Waals surface area contributed by atoms with Crippen LogP contribution in [0.2, 0.25) is 0 Å². The number of anilines is 2. The van der Waals surface area contributed by atoms with Crippen LogP contribution in [-0.4, -0.2) is 94.3 Å². The number of piperazine rings is 2. The number of halogens is 3. The molecule has 2 fully saturated rings. The van der Waals surface area contributed by atoms with E-state index < -0.39 is 0 Å². The van der Waals surface area contributed by atoms with Gasteiger partial charge >= 0.3 is 0 Å².